The molecular formula is C15H12Cl2N2O3S. The number of esters is 1. The van der Waals surface area contributed by atoms with E-state index in [9.17, 15) is 9.59 Å². The molecule has 120 valence electrons. The lowest BCUT2D eigenvalue weighted by Crippen LogP contribution is -2.07. The molecule has 0 bridgehead atoms. The summed E-state index contributed by atoms with van der Waals surface area (Å²) in [5.74, 6) is -0.870. The van der Waals surface area contributed by atoms with Crippen LogP contribution in [-0.2, 0) is 9.53 Å². The van der Waals surface area contributed by atoms with Gasteiger partial charge in [-0.25, -0.2) is 9.78 Å². The van der Waals surface area contributed by atoms with Gasteiger partial charge in [0.05, 0.1) is 12.8 Å². The normalized spacial score (nSPS) is 10.8. The van der Waals surface area contributed by atoms with Crippen LogP contribution in [0.15, 0.2) is 24.3 Å². The second kappa shape index (κ2) is 7.59. The van der Waals surface area contributed by atoms with Crippen molar-refractivity contribution < 1.29 is 14.3 Å². The standard InChI is InChI=1S/C15H12Cl2N2O3S/c1-8-13(14(21)22-2)23-15(18-8)19-12(20)6-4-9-3-5-10(16)7-11(9)17/h3-7H,1-2H3,(H,18,19,20)/b6-4+. The van der Waals surface area contributed by atoms with Gasteiger partial charge in [-0.05, 0) is 30.7 Å². The van der Waals surface area contributed by atoms with Crippen molar-refractivity contribution in [2.75, 3.05) is 12.4 Å². The van der Waals surface area contributed by atoms with Crippen LogP contribution in [0.1, 0.15) is 20.9 Å². The van der Waals surface area contributed by atoms with Crippen LogP contribution in [0, 0.1) is 6.92 Å². The van der Waals surface area contributed by atoms with Gasteiger partial charge in [0.2, 0.25) is 5.91 Å². The zero-order valence-electron chi connectivity index (χ0n) is 12.2. The minimum atomic E-state index is -0.482. The average Bonchev–Trinajstić information content (AvgIpc) is 2.86. The second-order valence-electron chi connectivity index (χ2n) is 4.41. The third-order valence-electron chi connectivity index (χ3n) is 2.77. The first kappa shape index (κ1) is 17.5. The van der Waals surface area contributed by atoms with Gasteiger partial charge < -0.3 is 4.74 Å². The molecule has 0 saturated carbocycles. The quantitative estimate of drug-likeness (QED) is 0.646. The summed E-state index contributed by atoms with van der Waals surface area (Å²) in [4.78, 5) is 27.9. The van der Waals surface area contributed by atoms with Crippen LogP contribution in [-0.4, -0.2) is 24.0 Å². The molecule has 0 aliphatic carbocycles. The lowest BCUT2D eigenvalue weighted by molar-refractivity contribution is -0.111. The predicted molar refractivity (Wildman–Crippen MR) is 92.3 cm³/mol. The molecule has 2 rings (SSSR count). The van der Waals surface area contributed by atoms with Crippen molar-refractivity contribution in [3.05, 3.63) is 50.5 Å². The Kier molecular flexibility index (Phi) is 5.76. The first-order valence-electron chi connectivity index (χ1n) is 6.40. The Hall–Kier alpha value is -1.89. The molecule has 2 aromatic rings. The number of amides is 1. The maximum Gasteiger partial charge on any atom is 0.350 e. The van der Waals surface area contributed by atoms with Crippen molar-refractivity contribution in [1.82, 2.24) is 4.98 Å². The Labute approximate surface area is 146 Å². The molecule has 0 fully saturated rings. The lowest BCUT2D eigenvalue weighted by Gasteiger charge is -1.99. The fourth-order valence-corrected chi connectivity index (χ4v) is 3.04. The molecule has 1 aromatic heterocycles. The molecule has 1 N–H and O–H groups in total. The summed E-state index contributed by atoms with van der Waals surface area (Å²) in [5.41, 5.74) is 1.17. The number of aryl methyl sites for hydroxylation is 1. The summed E-state index contributed by atoms with van der Waals surface area (Å²) >= 11 is 12.9. The monoisotopic (exact) mass is 370 g/mol. The first-order chi connectivity index (χ1) is 10.9. The summed E-state index contributed by atoms with van der Waals surface area (Å²) in [6.45, 7) is 1.67. The number of benzene rings is 1. The molecule has 8 heteroatoms. The molecule has 1 heterocycles. The molecule has 0 aliphatic rings. The van der Waals surface area contributed by atoms with Crippen molar-refractivity contribution in [3.63, 3.8) is 0 Å². The van der Waals surface area contributed by atoms with E-state index in [4.69, 9.17) is 23.2 Å². The smallest absolute Gasteiger partial charge is 0.350 e. The van der Waals surface area contributed by atoms with Gasteiger partial charge in [-0.15, -0.1) is 0 Å². The molecule has 5 nitrogen and oxygen atoms in total. The van der Waals surface area contributed by atoms with Crippen molar-refractivity contribution in [2.24, 2.45) is 0 Å². The van der Waals surface area contributed by atoms with Crippen LogP contribution < -0.4 is 5.32 Å². The number of methoxy groups -OCH3 is 1. The van der Waals surface area contributed by atoms with Gasteiger partial charge >= 0.3 is 5.97 Å². The highest BCUT2D eigenvalue weighted by Gasteiger charge is 2.16. The highest BCUT2D eigenvalue weighted by Crippen LogP contribution is 2.24. The molecule has 0 atom stereocenters. The van der Waals surface area contributed by atoms with E-state index in [2.05, 4.69) is 15.0 Å². The number of carbonyl (C=O) groups excluding carboxylic acids is 2. The van der Waals surface area contributed by atoms with Crippen LogP contribution in [0.3, 0.4) is 0 Å². The van der Waals surface area contributed by atoms with Gasteiger partial charge in [-0.2, -0.15) is 0 Å². The van der Waals surface area contributed by atoms with E-state index < -0.39 is 5.97 Å². The Morgan fingerprint density at radius 3 is 2.74 bits per heavy atom. The molecule has 1 amide bonds. The highest BCUT2D eigenvalue weighted by atomic mass is 35.5. The largest absolute Gasteiger partial charge is 0.465 e. The zero-order chi connectivity index (χ0) is 17.0. The number of rotatable bonds is 4. The molecule has 1 aromatic carbocycles. The Morgan fingerprint density at radius 1 is 1.35 bits per heavy atom. The number of hydrogen-bond acceptors (Lipinski definition) is 5. The number of carbonyl (C=O) groups is 2. The Balaban J connectivity index is 2.07. The maximum atomic E-state index is 11.9. The molecule has 0 aliphatic heterocycles. The zero-order valence-corrected chi connectivity index (χ0v) is 14.6. The third kappa shape index (κ3) is 4.54. The number of nitrogens with one attached hydrogen (secondary N) is 1. The second-order valence-corrected chi connectivity index (χ2v) is 6.26. The predicted octanol–water partition coefficient (Wildman–Crippen LogP) is 4.20. The molecule has 0 spiro atoms. The number of aromatic nitrogens is 1. The fraction of sp³-hybridized carbons (Fsp3) is 0.133. The summed E-state index contributed by atoms with van der Waals surface area (Å²) < 4.78 is 4.64. The van der Waals surface area contributed by atoms with E-state index >= 15 is 0 Å². The minimum absolute atomic E-state index is 0.319. The fourth-order valence-electron chi connectivity index (χ4n) is 1.68. The third-order valence-corrected chi connectivity index (χ3v) is 4.39. The van der Waals surface area contributed by atoms with Crippen LogP contribution >= 0.6 is 34.5 Å². The highest BCUT2D eigenvalue weighted by molar-refractivity contribution is 7.17. The van der Waals surface area contributed by atoms with Gasteiger partial charge in [0.1, 0.15) is 4.88 Å². The van der Waals surface area contributed by atoms with Crippen LogP contribution in [0.2, 0.25) is 10.0 Å². The number of nitrogens with zero attached hydrogens (tertiary/aromatic N) is 1. The molecule has 23 heavy (non-hydrogen) atoms. The van der Waals surface area contributed by atoms with Gasteiger partial charge in [0.15, 0.2) is 5.13 Å². The number of ether oxygens (including phenoxy) is 1. The lowest BCUT2D eigenvalue weighted by atomic mass is 10.2. The average molecular weight is 371 g/mol. The van der Waals surface area contributed by atoms with Crippen molar-refractivity contribution in [1.29, 1.82) is 0 Å². The first-order valence-corrected chi connectivity index (χ1v) is 7.98. The summed E-state index contributed by atoms with van der Waals surface area (Å²) in [6, 6.07) is 4.97. The molecule has 0 radical (unpaired) electrons. The topological polar surface area (TPSA) is 68.3 Å². The van der Waals surface area contributed by atoms with Crippen molar-refractivity contribution in [2.45, 2.75) is 6.92 Å². The van der Waals surface area contributed by atoms with Crippen LogP contribution in [0.25, 0.3) is 6.08 Å². The Morgan fingerprint density at radius 2 is 2.09 bits per heavy atom. The van der Waals surface area contributed by atoms with E-state index in [1.54, 1.807) is 31.2 Å². The van der Waals surface area contributed by atoms with Gasteiger partial charge in [-0.3, -0.25) is 10.1 Å². The molecule has 0 saturated heterocycles. The van der Waals surface area contributed by atoms with Crippen molar-refractivity contribution in [3.8, 4) is 0 Å². The molecular weight excluding hydrogens is 359 g/mol. The van der Waals surface area contributed by atoms with Gasteiger partial charge in [-0.1, -0.05) is 40.6 Å². The number of halogens is 2. The Bertz CT molecular complexity index is 787. The van der Waals surface area contributed by atoms with E-state index in [0.29, 0.717) is 31.3 Å². The maximum absolute atomic E-state index is 11.9. The minimum Gasteiger partial charge on any atom is -0.465 e. The summed E-state index contributed by atoms with van der Waals surface area (Å²) in [7, 11) is 1.29. The SMILES string of the molecule is COC(=O)c1sc(NC(=O)/C=C/c2ccc(Cl)cc2Cl)nc1C. The van der Waals surface area contributed by atoms with E-state index in [-0.39, 0.29) is 5.91 Å². The molecule has 0 unspecified atom stereocenters. The van der Waals surface area contributed by atoms with Crippen molar-refractivity contribution >= 4 is 57.6 Å². The van der Waals surface area contributed by atoms with Gasteiger partial charge in [0.25, 0.3) is 0 Å². The number of anilines is 1. The van der Waals surface area contributed by atoms with Gasteiger partial charge in [0, 0.05) is 16.1 Å². The van der Waals surface area contributed by atoms with E-state index in [1.807, 2.05) is 0 Å². The van der Waals surface area contributed by atoms with Crippen LogP contribution in [0.4, 0.5) is 5.13 Å². The van der Waals surface area contributed by atoms with E-state index in [1.165, 1.54) is 13.2 Å². The summed E-state index contributed by atoms with van der Waals surface area (Å²) in [5, 5.41) is 3.87. The van der Waals surface area contributed by atoms with Crippen LogP contribution in [0.5, 0.6) is 0 Å². The number of thiazole rings is 1. The van der Waals surface area contributed by atoms with E-state index in [0.717, 1.165) is 11.3 Å². The number of hydrogen-bond donors (Lipinski definition) is 1. The summed E-state index contributed by atoms with van der Waals surface area (Å²) in [6.07, 6.45) is 2.89.